The minimum Gasteiger partial charge on any atom is -0.382 e. The van der Waals surface area contributed by atoms with Crippen molar-refractivity contribution in [3.8, 4) is 0 Å². The summed E-state index contributed by atoms with van der Waals surface area (Å²) in [6.45, 7) is 1.52. The Hall–Kier alpha value is -2.44. The van der Waals surface area contributed by atoms with Gasteiger partial charge in [-0.15, -0.1) is 0 Å². The van der Waals surface area contributed by atoms with Gasteiger partial charge in [-0.1, -0.05) is 36.4 Å². The number of ether oxygens (including phenoxy) is 2. The highest BCUT2D eigenvalue weighted by atomic mass is 16.5. The van der Waals surface area contributed by atoms with E-state index in [4.69, 9.17) is 9.47 Å². The van der Waals surface area contributed by atoms with E-state index in [1.165, 1.54) is 0 Å². The molecule has 6 heteroatoms. The Morgan fingerprint density at radius 1 is 0.958 bits per heavy atom. The summed E-state index contributed by atoms with van der Waals surface area (Å²) >= 11 is 0. The van der Waals surface area contributed by atoms with Gasteiger partial charge in [0, 0.05) is 25.8 Å². The first kappa shape index (κ1) is 17.9. The number of benzene rings is 2. The number of carbonyl (C=O) groups is 2. The average molecular weight is 330 g/mol. The van der Waals surface area contributed by atoms with Crippen molar-refractivity contribution in [1.29, 1.82) is 0 Å². The van der Waals surface area contributed by atoms with Gasteiger partial charge in [-0.3, -0.25) is 9.59 Å². The Labute approximate surface area is 141 Å². The van der Waals surface area contributed by atoms with Crippen LogP contribution >= 0.6 is 0 Å². The Kier molecular flexibility index (Phi) is 7.20. The van der Waals surface area contributed by atoms with E-state index >= 15 is 0 Å². The summed E-state index contributed by atoms with van der Waals surface area (Å²) in [5.74, 6) is -0.372. The maximum atomic E-state index is 12.3. The lowest BCUT2D eigenvalue weighted by Crippen LogP contribution is -2.36. The molecule has 0 heterocycles. The van der Waals surface area contributed by atoms with Gasteiger partial charge < -0.3 is 20.1 Å². The van der Waals surface area contributed by atoms with Gasteiger partial charge in [0.2, 0.25) is 5.91 Å². The highest BCUT2D eigenvalue weighted by Crippen LogP contribution is 2.18. The lowest BCUT2D eigenvalue weighted by atomic mass is 10.0. The van der Waals surface area contributed by atoms with Gasteiger partial charge >= 0.3 is 0 Å². The molecule has 2 aromatic rings. The van der Waals surface area contributed by atoms with Crippen molar-refractivity contribution in [2.24, 2.45) is 0 Å². The van der Waals surface area contributed by atoms with Gasteiger partial charge in [0.05, 0.1) is 13.2 Å². The second-order valence-corrected chi connectivity index (χ2v) is 5.18. The molecule has 128 valence electrons. The van der Waals surface area contributed by atoms with Crippen molar-refractivity contribution in [3.05, 3.63) is 48.0 Å². The third kappa shape index (κ3) is 5.33. The van der Waals surface area contributed by atoms with E-state index in [9.17, 15) is 9.59 Å². The van der Waals surface area contributed by atoms with E-state index < -0.39 is 0 Å². The van der Waals surface area contributed by atoms with E-state index in [1.54, 1.807) is 13.2 Å². The van der Waals surface area contributed by atoms with Crippen LogP contribution in [0.1, 0.15) is 10.4 Å². The molecule has 6 nitrogen and oxygen atoms in total. The summed E-state index contributed by atoms with van der Waals surface area (Å²) in [7, 11) is 1.57. The van der Waals surface area contributed by atoms with Crippen molar-refractivity contribution < 1.29 is 19.1 Å². The number of hydrogen-bond acceptors (Lipinski definition) is 4. The summed E-state index contributed by atoms with van der Waals surface area (Å²) in [6.07, 6.45) is 0. The van der Waals surface area contributed by atoms with Crippen LogP contribution in [0.4, 0.5) is 0 Å². The van der Waals surface area contributed by atoms with E-state index in [0.717, 1.165) is 10.8 Å². The second kappa shape index (κ2) is 9.64. The summed E-state index contributed by atoms with van der Waals surface area (Å²) in [4.78, 5) is 23.8. The topological polar surface area (TPSA) is 76.7 Å². The van der Waals surface area contributed by atoms with Crippen molar-refractivity contribution in [2.45, 2.75) is 0 Å². The fraction of sp³-hybridized carbons (Fsp3) is 0.333. The highest BCUT2D eigenvalue weighted by molar-refractivity contribution is 6.07. The molecule has 0 unspecified atom stereocenters. The molecule has 0 spiro atoms. The van der Waals surface area contributed by atoms with Crippen LogP contribution in [0, 0.1) is 0 Å². The molecule has 0 saturated carbocycles. The molecule has 2 rings (SSSR count). The first-order valence-corrected chi connectivity index (χ1v) is 7.81. The molecule has 2 amide bonds. The number of hydrogen-bond donors (Lipinski definition) is 2. The SMILES string of the molecule is COCCOCC(=O)NCCNC(=O)c1cccc2ccccc12. The first-order chi connectivity index (χ1) is 11.7. The van der Waals surface area contributed by atoms with Gasteiger partial charge in [-0.2, -0.15) is 0 Å². The second-order valence-electron chi connectivity index (χ2n) is 5.18. The lowest BCUT2D eigenvalue weighted by Gasteiger charge is -2.09. The number of rotatable bonds is 9. The summed E-state index contributed by atoms with van der Waals surface area (Å²) in [5, 5.41) is 7.42. The van der Waals surface area contributed by atoms with Crippen molar-refractivity contribution in [1.82, 2.24) is 10.6 Å². The van der Waals surface area contributed by atoms with Crippen LogP contribution < -0.4 is 10.6 Å². The van der Waals surface area contributed by atoms with Crippen molar-refractivity contribution in [2.75, 3.05) is 40.0 Å². The van der Waals surface area contributed by atoms with Crippen LogP contribution in [0.5, 0.6) is 0 Å². The molecule has 0 aliphatic rings. The summed E-state index contributed by atoms with van der Waals surface area (Å²) in [5.41, 5.74) is 0.627. The number of fused-ring (bicyclic) bond motifs is 1. The van der Waals surface area contributed by atoms with Gasteiger partial charge in [-0.25, -0.2) is 0 Å². The van der Waals surface area contributed by atoms with Crippen molar-refractivity contribution in [3.63, 3.8) is 0 Å². The molecule has 2 N–H and O–H groups in total. The molecule has 0 aliphatic carbocycles. The predicted octanol–water partition coefficient (Wildman–Crippen LogP) is 1.35. The Balaban J connectivity index is 1.74. The van der Waals surface area contributed by atoms with Crippen LogP contribution in [0.15, 0.2) is 42.5 Å². The average Bonchev–Trinajstić information content (AvgIpc) is 2.61. The molecular weight excluding hydrogens is 308 g/mol. The smallest absolute Gasteiger partial charge is 0.251 e. The summed E-state index contributed by atoms with van der Waals surface area (Å²) < 4.78 is 9.92. The molecule has 2 aromatic carbocycles. The number of amides is 2. The zero-order valence-corrected chi connectivity index (χ0v) is 13.7. The molecule has 0 saturated heterocycles. The lowest BCUT2D eigenvalue weighted by molar-refractivity contribution is -0.126. The van der Waals surface area contributed by atoms with Crippen LogP contribution in [-0.4, -0.2) is 51.8 Å². The fourth-order valence-corrected chi connectivity index (χ4v) is 2.25. The van der Waals surface area contributed by atoms with Crippen LogP contribution in [0.3, 0.4) is 0 Å². The molecule has 0 aliphatic heterocycles. The maximum absolute atomic E-state index is 12.3. The number of carbonyl (C=O) groups excluding carboxylic acids is 2. The Bertz CT molecular complexity index is 682. The largest absolute Gasteiger partial charge is 0.382 e. The summed E-state index contributed by atoms with van der Waals surface area (Å²) in [6, 6.07) is 13.3. The zero-order chi connectivity index (χ0) is 17.2. The van der Waals surface area contributed by atoms with Crippen LogP contribution in [0.2, 0.25) is 0 Å². The predicted molar refractivity (Wildman–Crippen MR) is 92.0 cm³/mol. The van der Waals surface area contributed by atoms with E-state index in [1.807, 2.05) is 36.4 Å². The highest BCUT2D eigenvalue weighted by Gasteiger charge is 2.09. The van der Waals surface area contributed by atoms with Crippen LogP contribution in [0.25, 0.3) is 10.8 Å². The molecule has 0 atom stereocenters. The molecular formula is C18H22N2O4. The minimum absolute atomic E-state index is 0.0133. The van der Waals surface area contributed by atoms with E-state index in [2.05, 4.69) is 10.6 Å². The maximum Gasteiger partial charge on any atom is 0.251 e. The number of methoxy groups -OCH3 is 1. The molecule has 0 radical (unpaired) electrons. The monoisotopic (exact) mass is 330 g/mol. The number of nitrogens with one attached hydrogen (secondary N) is 2. The fourth-order valence-electron chi connectivity index (χ4n) is 2.25. The molecule has 24 heavy (non-hydrogen) atoms. The van der Waals surface area contributed by atoms with E-state index in [0.29, 0.717) is 31.9 Å². The Morgan fingerprint density at radius 3 is 2.54 bits per heavy atom. The first-order valence-electron chi connectivity index (χ1n) is 7.81. The van der Waals surface area contributed by atoms with Gasteiger partial charge in [0.25, 0.3) is 5.91 Å². The Morgan fingerprint density at radius 2 is 1.71 bits per heavy atom. The molecule has 0 bridgehead atoms. The normalized spacial score (nSPS) is 10.5. The standard InChI is InChI=1S/C18H22N2O4/c1-23-11-12-24-13-17(21)19-9-10-20-18(22)16-8-4-6-14-5-2-3-7-15(14)16/h2-8H,9-13H2,1H3,(H,19,21)(H,20,22). The van der Waals surface area contributed by atoms with Crippen molar-refractivity contribution >= 4 is 22.6 Å². The third-order valence-electron chi connectivity index (χ3n) is 3.43. The third-order valence-corrected chi connectivity index (χ3v) is 3.43. The van der Waals surface area contributed by atoms with E-state index in [-0.39, 0.29) is 18.4 Å². The zero-order valence-electron chi connectivity index (χ0n) is 13.7. The van der Waals surface area contributed by atoms with Gasteiger partial charge in [-0.05, 0) is 16.8 Å². The minimum atomic E-state index is -0.217. The molecule has 0 aromatic heterocycles. The van der Waals surface area contributed by atoms with Gasteiger partial charge in [0.1, 0.15) is 6.61 Å². The van der Waals surface area contributed by atoms with Gasteiger partial charge in [0.15, 0.2) is 0 Å². The quantitative estimate of drug-likeness (QED) is 0.681. The molecule has 0 fully saturated rings. The van der Waals surface area contributed by atoms with Crippen LogP contribution in [-0.2, 0) is 14.3 Å².